The van der Waals surface area contributed by atoms with E-state index in [4.69, 9.17) is 0 Å². The van der Waals surface area contributed by atoms with Crippen LogP contribution in [0.3, 0.4) is 0 Å². The molecule has 1 amide bonds. The lowest BCUT2D eigenvalue weighted by atomic mass is 9.74. The Kier molecular flexibility index (Phi) is 8.03. The van der Waals surface area contributed by atoms with Crippen molar-refractivity contribution in [2.75, 3.05) is 0 Å². The quantitative estimate of drug-likeness (QED) is 0.225. The standard InChI is InChI=1S/C31H26F9NO/c1-3-24-25(23-16-14-22(15-17-23)21-12-8-5-9-13-21)41(18-20-10-6-4-7-11-20)26(42)27(24,2)19-28(32,33)29(34,35)30(36,37)31(38,39)40/h4-17H,3,18-19H2,1-2H3. The van der Waals surface area contributed by atoms with Gasteiger partial charge in [0.25, 0.3) is 0 Å². The first-order valence-electron chi connectivity index (χ1n) is 12.9. The highest BCUT2D eigenvalue weighted by Gasteiger charge is 2.82. The number of nitrogens with zero attached hydrogens (tertiary/aromatic N) is 1. The Bertz CT molecular complexity index is 1450. The third-order valence-corrected chi connectivity index (χ3v) is 7.53. The molecule has 2 nitrogen and oxygen atoms in total. The normalized spacial score (nSPS) is 18.6. The van der Waals surface area contributed by atoms with Crippen LogP contribution in [0.25, 0.3) is 16.8 Å². The van der Waals surface area contributed by atoms with Gasteiger partial charge in [0.1, 0.15) is 0 Å². The van der Waals surface area contributed by atoms with Crippen LogP contribution in [-0.2, 0) is 11.3 Å². The summed E-state index contributed by atoms with van der Waals surface area (Å²) in [6, 6.07) is 24.1. The number of amides is 1. The first-order valence-corrected chi connectivity index (χ1v) is 12.9. The second kappa shape index (κ2) is 10.8. The maximum absolute atomic E-state index is 15.0. The fourth-order valence-electron chi connectivity index (χ4n) is 5.35. The fraction of sp³-hybridized carbons (Fsp3) is 0.323. The summed E-state index contributed by atoms with van der Waals surface area (Å²) in [6.45, 7) is 2.16. The summed E-state index contributed by atoms with van der Waals surface area (Å²) in [4.78, 5) is 14.9. The molecule has 3 aromatic carbocycles. The van der Waals surface area contributed by atoms with E-state index in [1.54, 1.807) is 54.6 Å². The highest BCUT2D eigenvalue weighted by Crippen LogP contribution is 2.59. The van der Waals surface area contributed by atoms with E-state index in [1.165, 1.54) is 6.92 Å². The zero-order chi connectivity index (χ0) is 31.1. The molecule has 11 heteroatoms. The van der Waals surface area contributed by atoms with Crippen molar-refractivity contribution in [2.24, 2.45) is 5.41 Å². The predicted molar refractivity (Wildman–Crippen MR) is 140 cm³/mol. The van der Waals surface area contributed by atoms with Crippen LogP contribution in [0.5, 0.6) is 0 Å². The van der Waals surface area contributed by atoms with Gasteiger partial charge in [0.05, 0.1) is 17.7 Å². The number of carbonyl (C=O) groups is 1. The average molecular weight is 600 g/mol. The molecule has 0 N–H and O–H groups in total. The van der Waals surface area contributed by atoms with Gasteiger partial charge in [-0.25, -0.2) is 0 Å². The van der Waals surface area contributed by atoms with Gasteiger partial charge in [-0.2, -0.15) is 39.5 Å². The zero-order valence-corrected chi connectivity index (χ0v) is 22.5. The van der Waals surface area contributed by atoms with Crippen molar-refractivity contribution in [2.45, 2.75) is 57.2 Å². The van der Waals surface area contributed by atoms with E-state index in [-0.39, 0.29) is 24.2 Å². The molecule has 1 atom stereocenters. The Hall–Kier alpha value is -3.76. The largest absolute Gasteiger partial charge is 0.460 e. The monoisotopic (exact) mass is 599 g/mol. The summed E-state index contributed by atoms with van der Waals surface area (Å²) in [6.07, 6.45) is -9.37. The highest BCUT2D eigenvalue weighted by molar-refractivity contribution is 6.00. The first kappa shape index (κ1) is 31.2. The molecule has 0 spiro atoms. The highest BCUT2D eigenvalue weighted by atomic mass is 19.4. The zero-order valence-electron chi connectivity index (χ0n) is 22.5. The van der Waals surface area contributed by atoms with Crippen LogP contribution in [-0.4, -0.2) is 34.8 Å². The molecule has 42 heavy (non-hydrogen) atoms. The second-order valence-electron chi connectivity index (χ2n) is 10.4. The van der Waals surface area contributed by atoms with Gasteiger partial charge in [-0.05, 0) is 41.2 Å². The topological polar surface area (TPSA) is 20.3 Å². The van der Waals surface area contributed by atoms with E-state index in [1.807, 2.05) is 30.3 Å². The summed E-state index contributed by atoms with van der Waals surface area (Å²) in [5.41, 5.74) is 0.0395. The van der Waals surface area contributed by atoms with Crippen molar-refractivity contribution in [3.05, 3.63) is 102 Å². The molecule has 1 heterocycles. The van der Waals surface area contributed by atoms with E-state index in [2.05, 4.69) is 0 Å². The molecule has 0 aliphatic carbocycles. The number of halogens is 9. The van der Waals surface area contributed by atoms with Crippen LogP contribution >= 0.6 is 0 Å². The van der Waals surface area contributed by atoms with E-state index in [0.717, 1.165) is 23.0 Å². The summed E-state index contributed by atoms with van der Waals surface area (Å²) in [5.74, 6) is -20.9. The number of hydrogen-bond donors (Lipinski definition) is 0. The Morgan fingerprint density at radius 1 is 0.667 bits per heavy atom. The van der Waals surface area contributed by atoms with Crippen molar-refractivity contribution in [3.8, 4) is 11.1 Å². The van der Waals surface area contributed by atoms with Gasteiger partial charge in [0.15, 0.2) is 0 Å². The van der Waals surface area contributed by atoms with Crippen molar-refractivity contribution in [3.63, 3.8) is 0 Å². The molecule has 0 aromatic heterocycles. The van der Waals surface area contributed by atoms with Gasteiger partial charge in [-0.15, -0.1) is 0 Å². The van der Waals surface area contributed by atoms with E-state index in [0.29, 0.717) is 11.1 Å². The smallest absolute Gasteiger partial charge is 0.307 e. The summed E-state index contributed by atoms with van der Waals surface area (Å²) in [7, 11) is 0. The Morgan fingerprint density at radius 2 is 1.14 bits per heavy atom. The van der Waals surface area contributed by atoms with Gasteiger partial charge in [0, 0.05) is 6.42 Å². The molecule has 1 aliphatic rings. The van der Waals surface area contributed by atoms with E-state index < -0.39 is 41.7 Å². The van der Waals surface area contributed by atoms with Crippen molar-refractivity contribution >= 4 is 11.6 Å². The summed E-state index contributed by atoms with van der Waals surface area (Å²) >= 11 is 0. The maximum atomic E-state index is 15.0. The minimum Gasteiger partial charge on any atom is -0.307 e. The SMILES string of the molecule is CCC1=C(c2ccc(-c3ccccc3)cc2)N(Cc2ccccc2)C(=O)C1(C)CC(F)(F)C(F)(F)C(F)(F)C(F)(F)F. The van der Waals surface area contributed by atoms with Gasteiger partial charge < -0.3 is 4.90 Å². The minimum atomic E-state index is -7.04. The summed E-state index contributed by atoms with van der Waals surface area (Å²) in [5, 5.41) is 0. The average Bonchev–Trinajstić information content (AvgIpc) is 3.14. The number of alkyl halides is 9. The van der Waals surface area contributed by atoms with Crippen LogP contribution in [0.2, 0.25) is 0 Å². The predicted octanol–water partition coefficient (Wildman–Crippen LogP) is 9.38. The molecule has 1 unspecified atom stereocenters. The molecular weight excluding hydrogens is 573 g/mol. The lowest BCUT2D eigenvalue weighted by Crippen LogP contribution is -2.62. The second-order valence-corrected chi connectivity index (χ2v) is 10.4. The van der Waals surface area contributed by atoms with Crippen LogP contribution in [0.1, 0.15) is 37.8 Å². The number of benzene rings is 3. The molecule has 0 bridgehead atoms. The molecule has 0 saturated heterocycles. The third kappa shape index (κ3) is 5.18. The molecular formula is C31H26F9NO. The maximum Gasteiger partial charge on any atom is 0.460 e. The van der Waals surface area contributed by atoms with Gasteiger partial charge in [-0.3, -0.25) is 4.79 Å². The van der Waals surface area contributed by atoms with Crippen molar-refractivity contribution in [1.82, 2.24) is 4.90 Å². The van der Waals surface area contributed by atoms with Crippen LogP contribution in [0.15, 0.2) is 90.5 Å². The fourth-order valence-corrected chi connectivity index (χ4v) is 5.35. The Labute approximate surface area is 236 Å². The lowest BCUT2D eigenvalue weighted by Gasteiger charge is -2.37. The number of hydrogen-bond acceptors (Lipinski definition) is 1. The first-order chi connectivity index (χ1) is 19.5. The molecule has 0 fully saturated rings. The van der Waals surface area contributed by atoms with Crippen molar-refractivity contribution in [1.29, 1.82) is 0 Å². The molecule has 4 rings (SSSR count). The van der Waals surface area contributed by atoms with Gasteiger partial charge in [0.2, 0.25) is 5.91 Å². The number of carbonyl (C=O) groups excluding carboxylic acids is 1. The minimum absolute atomic E-state index is 0.0818. The molecule has 224 valence electrons. The molecule has 0 saturated carbocycles. The molecule has 0 radical (unpaired) electrons. The van der Waals surface area contributed by atoms with Crippen molar-refractivity contribution < 1.29 is 44.3 Å². The van der Waals surface area contributed by atoms with Crippen LogP contribution < -0.4 is 0 Å². The molecule has 3 aromatic rings. The van der Waals surface area contributed by atoms with Gasteiger partial charge >= 0.3 is 23.9 Å². The Morgan fingerprint density at radius 3 is 1.64 bits per heavy atom. The van der Waals surface area contributed by atoms with E-state index >= 15 is 8.78 Å². The Balaban J connectivity index is 1.84. The lowest BCUT2D eigenvalue weighted by molar-refractivity contribution is -0.398. The van der Waals surface area contributed by atoms with Gasteiger partial charge in [-0.1, -0.05) is 91.9 Å². The molecule has 1 aliphatic heterocycles. The van der Waals surface area contributed by atoms with Crippen LogP contribution in [0.4, 0.5) is 39.5 Å². The van der Waals surface area contributed by atoms with Crippen LogP contribution in [0, 0.1) is 5.41 Å². The van der Waals surface area contributed by atoms with E-state index in [9.17, 15) is 35.5 Å². The number of rotatable bonds is 9. The third-order valence-electron chi connectivity index (χ3n) is 7.53. The summed E-state index contributed by atoms with van der Waals surface area (Å²) < 4.78 is 124.